The van der Waals surface area contributed by atoms with Crippen LogP contribution >= 0.6 is 0 Å². The number of hydrogen-bond donors (Lipinski definition) is 2. The largest absolute Gasteiger partial charge is 0.508 e. The van der Waals surface area contributed by atoms with Crippen molar-refractivity contribution in [3.05, 3.63) is 29.3 Å². The zero-order valence-corrected chi connectivity index (χ0v) is 12.4. The van der Waals surface area contributed by atoms with Gasteiger partial charge in [-0.2, -0.15) is 0 Å². The fourth-order valence-corrected chi connectivity index (χ4v) is 5.35. The summed E-state index contributed by atoms with van der Waals surface area (Å²) in [6, 6.07) is 5.41. The number of phenols is 1. The van der Waals surface area contributed by atoms with Gasteiger partial charge in [0.05, 0.1) is 6.10 Å². The third-order valence-electron chi connectivity index (χ3n) is 6.47. The number of rotatable bonds is 0. The van der Waals surface area contributed by atoms with E-state index in [1.165, 1.54) is 5.56 Å². The molecule has 0 saturated heterocycles. The van der Waals surface area contributed by atoms with E-state index in [1.54, 1.807) is 12.1 Å². The van der Waals surface area contributed by atoms with Gasteiger partial charge in [0.25, 0.3) is 0 Å². The smallest absolute Gasteiger partial charge is 0.139 e. The molecule has 2 saturated carbocycles. The molecule has 0 unspecified atom stereocenters. The number of aliphatic hydroxyl groups is 1. The minimum absolute atomic E-state index is 0.157. The van der Waals surface area contributed by atoms with Crippen LogP contribution in [0.1, 0.15) is 62.2 Å². The fraction of sp³-hybridized carbons (Fsp3) is 0.611. The minimum atomic E-state index is -0.508. The maximum absolute atomic E-state index is 12.3. The second-order valence-corrected chi connectivity index (χ2v) is 7.36. The van der Waals surface area contributed by atoms with E-state index in [1.807, 2.05) is 6.07 Å². The van der Waals surface area contributed by atoms with Crippen molar-refractivity contribution in [2.24, 2.45) is 17.3 Å². The molecular formula is C18H22O3. The predicted octanol–water partition coefficient (Wildman–Crippen LogP) is 3.31. The molecule has 3 aliphatic carbocycles. The van der Waals surface area contributed by atoms with Crippen molar-refractivity contribution in [3.8, 4) is 5.75 Å². The number of hydrogen-bond acceptors (Lipinski definition) is 3. The number of Topliss-reactive ketones (excluding diaryl/α,β-unsaturated/α-hetero) is 1. The van der Waals surface area contributed by atoms with E-state index in [0.717, 1.165) is 31.2 Å². The summed E-state index contributed by atoms with van der Waals surface area (Å²) in [5.41, 5.74) is 1.93. The van der Waals surface area contributed by atoms with Gasteiger partial charge in [-0.3, -0.25) is 4.79 Å². The molecule has 112 valence electrons. The van der Waals surface area contributed by atoms with Crippen LogP contribution in [0.15, 0.2) is 18.2 Å². The van der Waals surface area contributed by atoms with Gasteiger partial charge in [-0.1, -0.05) is 13.0 Å². The molecule has 4 rings (SSSR count). The first-order chi connectivity index (χ1) is 10.0. The SMILES string of the molecule is C[C@@]12CC[C@@H]3c4ccc(O)cc4[C@H](O)C[C@H]3[C@H]1CCC2=O. The standard InChI is InChI=1S/C18H22O3/c1-18-7-6-12-11-3-2-10(19)8-14(11)16(20)9-13(12)15(18)4-5-17(18)21/h2-3,8,12-13,15-16,19-20H,4-7,9H2,1H3/t12-,13-,15-,16-,18-/m1/s1. The number of ketones is 1. The Morgan fingerprint density at radius 2 is 2.05 bits per heavy atom. The van der Waals surface area contributed by atoms with Gasteiger partial charge in [-0.25, -0.2) is 0 Å². The van der Waals surface area contributed by atoms with E-state index < -0.39 is 6.10 Å². The number of aromatic hydroxyl groups is 1. The van der Waals surface area contributed by atoms with Crippen LogP contribution in [0.3, 0.4) is 0 Å². The maximum Gasteiger partial charge on any atom is 0.139 e. The molecule has 5 atom stereocenters. The van der Waals surface area contributed by atoms with Crippen LogP contribution in [0.5, 0.6) is 5.75 Å². The average molecular weight is 286 g/mol. The Morgan fingerprint density at radius 1 is 1.24 bits per heavy atom. The number of benzene rings is 1. The third-order valence-corrected chi connectivity index (χ3v) is 6.47. The van der Waals surface area contributed by atoms with E-state index in [4.69, 9.17) is 0 Å². The number of phenolic OH excluding ortho intramolecular Hbond substituents is 1. The van der Waals surface area contributed by atoms with Gasteiger partial charge in [-0.15, -0.1) is 0 Å². The highest BCUT2D eigenvalue weighted by Crippen LogP contribution is 2.60. The second kappa shape index (κ2) is 4.33. The Balaban J connectivity index is 1.77. The summed E-state index contributed by atoms with van der Waals surface area (Å²) in [4.78, 5) is 12.3. The highest BCUT2D eigenvalue weighted by Gasteiger charge is 2.55. The highest BCUT2D eigenvalue weighted by molar-refractivity contribution is 5.87. The molecule has 3 heteroatoms. The van der Waals surface area contributed by atoms with E-state index in [-0.39, 0.29) is 11.2 Å². The summed E-state index contributed by atoms with van der Waals surface area (Å²) in [6.45, 7) is 2.14. The summed E-state index contributed by atoms with van der Waals surface area (Å²) in [5, 5.41) is 20.2. The van der Waals surface area contributed by atoms with E-state index in [2.05, 4.69) is 6.92 Å². The molecule has 2 N–H and O–H groups in total. The van der Waals surface area contributed by atoms with Gasteiger partial charge in [0.15, 0.2) is 0 Å². The summed E-state index contributed by atoms with van der Waals surface area (Å²) >= 11 is 0. The Labute approximate surface area is 125 Å². The molecule has 0 aromatic heterocycles. The Morgan fingerprint density at radius 3 is 2.86 bits per heavy atom. The first kappa shape index (κ1) is 13.3. The second-order valence-electron chi connectivity index (χ2n) is 7.36. The van der Waals surface area contributed by atoms with E-state index in [0.29, 0.717) is 30.0 Å². The third kappa shape index (κ3) is 1.73. The lowest BCUT2D eigenvalue weighted by Crippen LogP contribution is -2.43. The summed E-state index contributed by atoms with van der Waals surface area (Å²) in [5.74, 6) is 1.91. The van der Waals surface area contributed by atoms with Crippen molar-refractivity contribution in [2.45, 2.75) is 51.0 Å². The van der Waals surface area contributed by atoms with Gasteiger partial charge in [0, 0.05) is 11.8 Å². The van der Waals surface area contributed by atoms with Crippen LogP contribution in [0.25, 0.3) is 0 Å². The van der Waals surface area contributed by atoms with E-state index >= 15 is 0 Å². The Kier molecular flexibility index (Phi) is 2.74. The quantitative estimate of drug-likeness (QED) is 0.769. The molecule has 21 heavy (non-hydrogen) atoms. The Hall–Kier alpha value is -1.35. The van der Waals surface area contributed by atoms with Crippen molar-refractivity contribution < 1.29 is 15.0 Å². The number of carbonyl (C=O) groups is 1. The van der Waals surface area contributed by atoms with Gasteiger partial charge in [0.1, 0.15) is 11.5 Å². The van der Waals surface area contributed by atoms with Crippen molar-refractivity contribution in [1.29, 1.82) is 0 Å². The zero-order valence-electron chi connectivity index (χ0n) is 12.4. The van der Waals surface area contributed by atoms with Crippen molar-refractivity contribution in [3.63, 3.8) is 0 Å². The molecule has 0 bridgehead atoms. The fourth-order valence-electron chi connectivity index (χ4n) is 5.35. The number of fused-ring (bicyclic) bond motifs is 5. The molecule has 1 aromatic rings. The summed E-state index contributed by atoms with van der Waals surface area (Å²) < 4.78 is 0. The molecule has 1 aromatic carbocycles. The molecule has 3 nitrogen and oxygen atoms in total. The van der Waals surface area contributed by atoms with Crippen LogP contribution in [0.4, 0.5) is 0 Å². The Bertz CT molecular complexity index is 608. The predicted molar refractivity (Wildman–Crippen MR) is 79.0 cm³/mol. The molecule has 0 heterocycles. The highest BCUT2D eigenvalue weighted by atomic mass is 16.3. The number of carbonyl (C=O) groups excluding carboxylic acids is 1. The molecule has 3 aliphatic rings. The summed E-state index contributed by atoms with van der Waals surface area (Å²) in [7, 11) is 0. The molecule has 0 aliphatic heterocycles. The van der Waals surface area contributed by atoms with Crippen LogP contribution in [-0.2, 0) is 4.79 Å². The normalized spacial score (nSPS) is 41.3. The lowest BCUT2D eigenvalue weighted by Gasteiger charge is -2.49. The number of aliphatic hydroxyl groups excluding tert-OH is 1. The van der Waals surface area contributed by atoms with Gasteiger partial charge in [-0.05, 0) is 66.7 Å². The monoisotopic (exact) mass is 286 g/mol. The van der Waals surface area contributed by atoms with Crippen molar-refractivity contribution in [2.75, 3.05) is 0 Å². The molecule has 0 radical (unpaired) electrons. The van der Waals surface area contributed by atoms with Crippen molar-refractivity contribution in [1.82, 2.24) is 0 Å². The maximum atomic E-state index is 12.3. The molecule has 0 spiro atoms. The lowest BCUT2D eigenvalue weighted by molar-refractivity contribution is -0.129. The lowest BCUT2D eigenvalue weighted by atomic mass is 9.55. The van der Waals surface area contributed by atoms with Crippen LogP contribution in [-0.4, -0.2) is 16.0 Å². The first-order valence-electron chi connectivity index (χ1n) is 8.05. The van der Waals surface area contributed by atoms with Gasteiger partial charge >= 0.3 is 0 Å². The van der Waals surface area contributed by atoms with Crippen molar-refractivity contribution >= 4 is 5.78 Å². The molecule has 2 fully saturated rings. The molecule has 0 amide bonds. The topological polar surface area (TPSA) is 57.5 Å². The first-order valence-corrected chi connectivity index (χ1v) is 8.05. The molecular weight excluding hydrogens is 264 g/mol. The van der Waals surface area contributed by atoms with Crippen LogP contribution < -0.4 is 0 Å². The zero-order chi connectivity index (χ0) is 14.8. The van der Waals surface area contributed by atoms with Crippen LogP contribution in [0, 0.1) is 17.3 Å². The van der Waals surface area contributed by atoms with Gasteiger partial charge in [0.2, 0.25) is 0 Å². The van der Waals surface area contributed by atoms with Gasteiger partial charge < -0.3 is 10.2 Å². The summed E-state index contributed by atoms with van der Waals surface area (Å²) in [6.07, 6.45) is 3.90. The van der Waals surface area contributed by atoms with E-state index in [9.17, 15) is 15.0 Å². The average Bonchev–Trinajstić information content (AvgIpc) is 2.76. The minimum Gasteiger partial charge on any atom is -0.508 e. The van der Waals surface area contributed by atoms with Crippen LogP contribution in [0.2, 0.25) is 0 Å².